The highest BCUT2D eigenvalue weighted by molar-refractivity contribution is 6.29. The Morgan fingerprint density at radius 3 is 2.92 bits per heavy atom. The van der Waals surface area contributed by atoms with Crippen molar-refractivity contribution in [1.82, 2.24) is 24.6 Å². The number of pyridine rings is 2. The molecular weight excluding hydrogens is 322 g/mol. The van der Waals surface area contributed by atoms with Gasteiger partial charge < -0.3 is 10.7 Å². The van der Waals surface area contributed by atoms with Gasteiger partial charge in [-0.1, -0.05) is 0 Å². The predicted molar refractivity (Wildman–Crippen MR) is 91.8 cm³/mol. The quantitative estimate of drug-likeness (QED) is 0.705. The molecule has 3 rings (SSSR count). The first kappa shape index (κ1) is 16.2. The summed E-state index contributed by atoms with van der Waals surface area (Å²) in [5, 5.41) is 14.7. The molecule has 3 amide bonds. The highest BCUT2D eigenvalue weighted by Gasteiger charge is 2.18. The van der Waals surface area contributed by atoms with Gasteiger partial charge in [0, 0.05) is 24.3 Å². The number of nitrogens with zero attached hydrogens (tertiary/aromatic N) is 5. The number of carbonyl (C=O) groups is 2. The van der Waals surface area contributed by atoms with Gasteiger partial charge in [-0.05, 0) is 25.1 Å². The van der Waals surface area contributed by atoms with Crippen LogP contribution in [-0.2, 0) is 4.79 Å². The fourth-order valence-corrected chi connectivity index (χ4v) is 2.27. The zero-order chi connectivity index (χ0) is 17.8. The predicted octanol–water partition coefficient (Wildman–Crippen LogP) is 1.85. The van der Waals surface area contributed by atoms with Crippen molar-refractivity contribution >= 4 is 34.9 Å². The van der Waals surface area contributed by atoms with Crippen molar-refractivity contribution in [3.63, 3.8) is 0 Å². The van der Waals surface area contributed by atoms with Gasteiger partial charge in [-0.15, -0.1) is 5.10 Å². The lowest BCUT2D eigenvalue weighted by Crippen LogP contribution is -2.40. The van der Waals surface area contributed by atoms with E-state index in [2.05, 4.69) is 20.4 Å². The van der Waals surface area contributed by atoms with Crippen LogP contribution < -0.4 is 5.32 Å². The normalized spacial score (nSPS) is 10.4. The number of hydrogen-bond acceptors (Lipinski definition) is 6. The van der Waals surface area contributed by atoms with E-state index < -0.39 is 11.9 Å². The highest BCUT2D eigenvalue weighted by Crippen LogP contribution is 2.17. The van der Waals surface area contributed by atoms with E-state index in [1.54, 1.807) is 42.3 Å². The Labute approximate surface area is 142 Å². The van der Waals surface area contributed by atoms with Gasteiger partial charge in [-0.3, -0.25) is 14.7 Å². The zero-order valence-electron chi connectivity index (χ0n) is 13.4. The van der Waals surface area contributed by atoms with Crippen molar-refractivity contribution in [3.05, 3.63) is 43.0 Å². The fourth-order valence-electron chi connectivity index (χ4n) is 2.27. The third-order valence-electron chi connectivity index (χ3n) is 3.47. The largest absolute Gasteiger partial charge is 0.328 e. The van der Waals surface area contributed by atoms with Gasteiger partial charge in [0.05, 0.1) is 30.0 Å². The van der Waals surface area contributed by atoms with Gasteiger partial charge in [-0.25, -0.2) is 14.5 Å². The molecule has 9 heteroatoms. The molecule has 3 aromatic rings. The molecule has 3 heterocycles. The van der Waals surface area contributed by atoms with Crippen LogP contribution in [0.5, 0.6) is 0 Å². The minimum absolute atomic E-state index is 0.161. The number of anilines is 1. The summed E-state index contributed by atoms with van der Waals surface area (Å²) in [5.74, 6) is -0.682. The average molecular weight is 337 g/mol. The van der Waals surface area contributed by atoms with Gasteiger partial charge in [0.1, 0.15) is 0 Å². The molecule has 0 bridgehead atoms. The maximum absolute atomic E-state index is 12.1. The van der Waals surface area contributed by atoms with Crippen LogP contribution in [0.25, 0.3) is 16.7 Å². The summed E-state index contributed by atoms with van der Waals surface area (Å²) in [6, 6.07) is 4.77. The Kier molecular flexibility index (Phi) is 4.46. The monoisotopic (exact) mass is 337 g/mol. The van der Waals surface area contributed by atoms with Crippen molar-refractivity contribution in [2.24, 2.45) is 0 Å². The van der Waals surface area contributed by atoms with Crippen LogP contribution in [0, 0.1) is 5.41 Å². The van der Waals surface area contributed by atoms with E-state index in [0.29, 0.717) is 17.5 Å². The van der Waals surface area contributed by atoms with Crippen LogP contribution in [0.1, 0.15) is 6.92 Å². The van der Waals surface area contributed by atoms with Gasteiger partial charge in [0.25, 0.3) is 5.91 Å². The molecule has 0 fully saturated rings. The van der Waals surface area contributed by atoms with Gasteiger partial charge in [-0.2, -0.15) is 0 Å². The Hall–Kier alpha value is -3.62. The molecule has 0 aliphatic rings. The number of fused-ring (bicyclic) bond motifs is 1. The minimum atomic E-state index is -0.682. The molecule has 2 N–H and O–H groups in total. The Morgan fingerprint density at radius 1 is 1.40 bits per heavy atom. The Morgan fingerprint density at radius 2 is 2.24 bits per heavy atom. The molecule has 0 atom stereocenters. The van der Waals surface area contributed by atoms with Crippen molar-refractivity contribution < 1.29 is 9.59 Å². The molecule has 0 unspecified atom stereocenters. The van der Waals surface area contributed by atoms with E-state index >= 15 is 0 Å². The van der Waals surface area contributed by atoms with Gasteiger partial charge in [0.15, 0.2) is 5.65 Å². The molecule has 25 heavy (non-hydrogen) atoms. The van der Waals surface area contributed by atoms with Crippen LogP contribution in [0.4, 0.5) is 10.5 Å². The molecule has 9 nitrogen and oxygen atoms in total. The molecule has 0 radical (unpaired) electrons. The van der Waals surface area contributed by atoms with Crippen molar-refractivity contribution in [1.29, 1.82) is 5.41 Å². The zero-order valence-corrected chi connectivity index (χ0v) is 13.4. The summed E-state index contributed by atoms with van der Waals surface area (Å²) < 4.78 is 1.65. The molecule has 0 saturated heterocycles. The highest BCUT2D eigenvalue weighted by atomic mass is 16.2. The number of urea groups is 1. The van der Waals surface area contributed by atoms with Crippen LogP contribution in [0.3, 0.4) is 0 Å². The second-order valence-electron chi connectivity index (χ2n) is 5.08. The lowest BCUT2D eigenvalue weighted by Gasteiger charge is -2.17. The summed E-state index contributed by atoms with van der Waals surface area (Å²) >= 11 is 0. The van der Waals surface area contributed by atoms with Crippen molar-refractivity contribution in [2.45, 2.75) is 6.92 Å². The second kappa shape index (κ2) is 6.87. The smallest absolute Gasteiger partial charge is 0.306 e. The standard InChI is InChI=1S/C16H15N7O2/c1-2-22(14(24)7-17)16(25)20-12-6-11-10-23(21-15(11)19-8-12)13-4-3-5-18-9-13/h3-10,17H,2H2,1H3,(H,20,25). The molecule has 0 spiro atoms. The van der Waals surface area contributed by atoms with Crippen molar-refractivity contribution in [3.8, 4) is 5.69 Å². The first-order valence-electron chi connectivity index (χ1n) is 7.51. The molecular formula is C16H15N7O2. The average Bonchev–Trinajstić information content (AvgIpc) is 3.06. The lowest BCUT2D eigenvalue weighted by atomic mass is 10.3. The summed E-state index contributed by atoms with van der Waals surface area (Å²) in [4.78, 5) is 32.9. The van der Waals surface area contributed by atoms with E-state index in [1.165, 1.54) is 6.20 Å². The first-order valence-corrected chi connectivity index (χ1v) is 7.51. The van der Waals surface area contributed by atoms with E-state index in [0.717, 1.165) is 16.0 Å². The maximum Gasteiger partial charge on any atom is 0.328 e. The van der Waals surface area contributed by atoms with Crippen LogP contribution in [0.15, 0.2) is 43.0 Å². The number of nitrogens with one attached hydrogen (secondary N) is 2. The lowest BCUT2D eigenvalue weighted by molar-refractivity contribution is -0.120. The number of amides is 3. The number of rotatable bonds is 4. The topological polar surface area (TPSA) is 117 Å². The number of imide groups is 1. The van der Waals surface area contributed by atoms with Crippen LogP contribution >= 0.6 is 0 Å². The summed E-state index contributed by atoms with van der Waals surface area (Å²) in [5.41, 5.74) is 1.74. The van der Waals surface area contributed by atoms with Crippen LogP contribution in [0.2, 0.25) is 0 Å². The van der Waals surface area contributed by atoms with E-state index in [-0.39, 0.29) is 6.54 Å². The van der Waals surface area contributed by atoms with Crippen molar-refractivity contribution in [2.75, 3.05) is 11.9 Å². The van der Waals surface area contributed by atoms with Gasteiger partial charge >= 0.3 is 6.03 Å². The first-order chi connectivity index (χ1) is 12.1. The molecule has 0 aliphatic carbocycles. The Bertz CT molecular complexity index is 936. The van der Waals surface area contributed by atoms with E-state index in [4.69, 9.17) is 5.41 Å². The SMILES string of the molecule is CCN(C(=O)C=N)C(=O)Nc1cnc2nn(-c3cccnc3)cc2c1. The molecule has 0 aliphatic heterocycles. The molecule has 0 aromatic carbocycles. The third kappa shape index (κ3) is 3.34. The van der Waals surface area contributed by atoms with Gasteiger partial charge in [0.2, 0.25) is 0 Å². The number of carbonyl (C=O) groups excluding carboxylic acids is 2. The maximum atomic E-state index is 12.1. The second-order valence-corrected chi connectivity index (χ2v) is 5.08. The summed E-state index contributed by atoms with van der Waals surface area (Å²) in [7, 11) is 0. The molecule has 126 valence electrons. The molecule has 0 saturated carbocycles. The number of hydrogen-bond donors (Lipinski definition) is 2. The Balaban J connectivity index is 1.85. The number of aromatic nitrogens is 4. The minimum Gasteiger partial charge on any atom is -0.306 e. The summed E-state index contributed by atoms with van der Waals surface area (Å²) in [6.07, 6.45) is 7.19. The molecule has 3 aromatic heterocycles. The third-order valence-corrected chi connectivity index (χ3v) is 3.47. The summed E-state index contributed by atoms with van der Waals surface area (Å²) in [6.45, 7) is 1.81. The van der Waals surface area contributed by atoms with Crippen LogP contribution in [-0.4, -0.2) is 49.3 Å². The van der Waals surface area contributed by atoms with E-state index in [1.807, 2.05) is 6.07 Å². The fraction of sp³-hybridized carbons (Fsp3) is 0.125. The van der Waals surface area contributed by atoms with E-state index in [9.17, 15) is 9.59 Å².